The van der Waals surface area contributed by atoms with E-state index in [9.17, 15) is 4.79 Å². The molecular formula is C38H53NO5. The molecule has 6 heteroatoms. The number of carbonyl (C=O) groups is 1. The Morgan fingerprint density at radius 2 is 1.50 bits per heavy atom. The van der Waals surface area contributed by atoms with E-state index in [1.165, 1.54) is 41.5 Å². The molecule has 0 amide bonds. The molecule has 0 N–H and O–H groups in total. The maximum Gasteiger partial charge on any atom is 0.163 e. The number of allylic oxidation sites excluding steroid dienone is 4. The smallest absolute Gasteiger partial charge is 0.163 e. The molecule has 0 heterocycles. The molecule has 1 atom stereocenters. The van der Waals surface area contributed by atoms with Gasteiger partial charge in [-0.15, -0.1) is 0 Å². The number of ketones is 1. The lowest BCUT2D eigenvalue weighted by molar-refractivity contribution is 0.101. The fourth-order valence-electron chi connectivity index (χ4n) is 5.53. The Kier molecular flexibility index (Phi) is 14.0. The number of ether oxygens (including phenoxy) is 4. The van der Waals surface area contributed by atoms with Crippen LogP contribution >= 0.6 is 0 Å². The van der Waals surface area contributed by atoms with Gasteiger partial charge in [-0.25, -0.2) is 0 Å². The van der Waals surface area contributed by atoms with Crippen molar-refractivity contribution < 1.29 is 23.7 Å². The van der Waals surface area contributed by atoms with E-state index in [-0.39, 0.29) is 5.78 Å². The first-order valence-electron chi connectivity index (χ1n) is 16.2. The van der Waals surface area contributed by atoms with E-state index in [1.54, 1.807) is 32.8 Å². The summed E-state index contributed by atoms with van der Waals surface area (Å²) in [5.41, 5.74) is 7.90. The van der Waals surface area contributed by atoms with E-state index in [0.717, 1.165) is 50.0 Å². The largest absolute Gasteiger partial charge is 0.493 e. The molecule has 0 aromatic heterocycles. The van der Waals surface area contributed by atoms with Crippen LogP contribution in [0.2, 0.25) is 0 Å². The highest BCUT2D eigenvalue weighted by atomic mass is 16.5. The highest BCUT2D eigenvalue weighted by molar-refractivity contribution is 6.00. The molecule has 6 nitrogen and oxygen atoms in total. The van der Waals surface area contributed by atoms with Crippen molar-refractivity contribution in [2.45, 2.75) is 99.3 Å². The van der Waals surface area contributed by atoms with Crippen molar-refractivity contribution in [3.63, 3.8) is 0 Å². The molecular weight excluding hydrogens is 550 g/mol. The maximum absolute atomic E-state index is 12.4. The minimum Gasteiger partial charge on any atom is -0.493 e. The van der Waals surface area contributed by atoms with Gasteiger partial charge in [0, 0.05) is 17.8 Å². The molecule has 0 radical (unpaired) electrons. The molecule has 2 aromatic carbocycles. The minimum atomic E-state index is -0.0503. The number of hydrogen-bond acceptors (Lipinski definition) is 6. The molecule has 0 saturated heterocycles. The topological polar surface area (TPSA) is 66.3 Å². The monoisotopic (exact) mass is 603 g/mol. The van der Waals surface area contributed by atoms with Crippen LogP contribution in [0, 0.1) is 12.8 Å². The highest BCUT2D eigenvalue weighted by Crippen LogP contribution is 2.39. The van der Waals surface area contributed by atoms with Gasteiger partial charge in [-0.1, -0.05) is 30.6 Å². The number of hydrogen-bond donors (Lipinski definition) is 0. The van der Waals surface area contributed by atoms with E-state index in [0.29, 0.717) is 41.9 Å². The van der Waals surface area contributed by atoms with E-state index in [1.807, 2.05) is 12.3 Å². The van der Waals surface area contributed by atoms with Gasteiger partial charge >= 0.3 is 0 Å². The van der Waals surface area contributed by atoms with E-state index >= 15 is 0 Å². The van der Waals surface area contributed by atoms with Crippen LogP contribution in [0.4, 0.5) is 5.69 Å². The summed E-state index contributed by atoms with van der Waals surface area (Å²) in [6.45, 7) is 13.5. The number of methoxy groups -OCH3 is 2. The van der Waals surface area contributed by atoms with Crippen LogP contribution in [-0.2, 0) is 0 Å². The molecule has 0 bridgehead atoms. The Labute approximate surface area is 265 Å². The van der Waals surface area contributed by atoms with Crippen molar-refractivity contribution in [1.29, 1.82) is 0 Å². The number of benzene rings is 2. The summed E-state index contributed by atoms with van der Waals surface area (Å²) < 4.78 is 23.5. The first-order valence-corrected chi connectivity index (χ1v) is 16.2. The second-order valence-electron chi connectivity index (χ2n) is 11.9. The molecule has 1 fully saturated rings. The van der Waals surface area contributed by atoms with E-state index < -0.39 is 0 Å². The fraction of sp³-hybridized carbons (Fsp3) is 0.526. The Morgan fingerprint density at radius 1 is 0.886 bits per heavy atom. The summed E-state index contributed by atoms with van der Waals surface area (Å²) in [5.74, 6) is 2.99. The van der Waals surface area contributed by atoms with Crippen LogP contribution in [0.25, 0.3) is 5.57 Å². The first kappa shape index (κ1) is 34.9. The quantitative estimate of drug-likeness (QED) is 0.0734. The second-order valence-corrected chi connectivity index (χ2v) is 11.9. The minimum absolute atomic E-state index is 0.0503. The Morgan fingerprint density at radius 3 is 2.02 bits per heavy atom. The molecule has 1 saturated carbocycles. The second kappa shape index (κ2) is 17.7. The third-order valence-electron chi connectivity index (χ3n) is 8.53. The van der Waals surface area contributed by atoms with Gasteiger partial charge in [0.05, 0.1) is 33.1 Å². The zero-order chi connectivity index (χ0) is 32.1. The average molecular weight is 604 g/mol. The van der Waals surface area contributed by atoms with Crippen molar-refractivity contribution in [2.75, 3.05) is 27.4 Å². The van der Waals surface area contributed by atoms with Gasteiger partial charge in [0.1, 0.15) is 0 Å². The summed E-state index contributed by atoms with van der Waals surface area (Å²) in [6, 6.07) is 7.80. The SMILES string of the molecule is C/C=C(/C)CC(/C=N\c1cc(OCCCCCOc2cc(C)c(C(C)=C3CCC3)cc2OC)c(OC)cc1C(C)=O)CCC. The number of unbranched alkanes of at least 4 members (excludes halogenated alkanes) is 2. The zero-order valence-electron chi connectivity index (χ0n) is 28.3. The van der Waals surface area contributed by atoms with Crippen LogP contribution < -0.4 is 18.9 Å². The fourth-order valence-corrected chi connectivity index (χ4v) is 5.53. The maximum atomic E-state index is 12.4. The number of aryl methyl sites for hydroxylation is 1. The highest BCUT2D eigenvalue weighted by Gasteiger charge is 2.18. The molecule has 44 heavy (non-hydrogen) atoms. The summed E-state index contributed by atoms with van der Waals surface area (Å²) >= 11 is 0. The number of rotatable bonds is 18. The van der Waals surface area contributed by atoms with Crippen molar-refractivity contribution >= 4 is 23.3 Å². The number of nitrogens with zero attached hydrogens (tertiary/aromatic N) is 1. The standard InChI is InChI=1S/C38H53NO5/c1-9-15-30(20-26(3)10-2)25-39-34-24-38(36(42-8)23-33(34)29(6)40)44-19-13-11-12-18-43-37-21-27(4)32(22-35(37)41-7)28(5)31-16-14-17-31/h10,21-25,30H,9,11-20H2,1-8H3/b26-10-,39-25-. The van der Waals surface area contributed by atoms with Crippen molar-refractivity contribution in [3.8, 4) is 23.0 Å². The van der Waals surface area contributed by atoms with Crippen molar-refractivity contribution in [1.82, 2.24) is 0 Å². The lowest BCUT2D eigenvalue weighted by atomic mass is 9.85. The predicted molar refractivity (Wildman–Crippen MR) is 183 cm³/mol. The first-order chi connectivity index (χ1) is 21.2. The Bertz CT molecular complexity index is 1350. The average Bonchev–Trinajstić information content (AvgIpc) is 2.98. The van der Waals surface area contributed by atoms with Crippen molar-refractivity contribution in [3.05, 3.63) is 58.2 Å². The molecule has 1 aliphatic carbocycles. The Hall–Kier alpha value is -3.54. The predicted octanol–water partition coefficient (Wildman–Crippen LogP) is 10.3. The molecule has 2 aromatic rings. The molecule has 3 rings (SSSR count). The summed E-state index contributed by atoms with van der Waals surface area (Å²) in [5, 5.41) is 0. The molecule has 1 unspecified atom stereocenters. The molecule has 0 spiro atoms. The summed E-state index contributed by atoms with van der Waals surface area (Å²) in [7, 11) is 3.30. The molecule has 1 aliphatic rings. The number of aliphatic imine (C=N–C) groups is 1. The summed E-state index contributed by atoms with van der Waals surface area (Å²) in [6.07, 6.45) is 13.6. The van der Waals surface area contributed by atoms with E-state index in [4.69, 9.17) is 23.9 Å². The van der Waals surface area contributed by atoms with Gasteiger partial charge in [-0.2, -0.15) is 0 Å². The van der Waals surface area contributed by atoms with Gasteiger partial charge in [0.2, 0.25) is 0 Å². The zero-order valence-corrected chi connectivity index (χ0v) is 28.3. The van der Waals surface area contributed by atoms with Gasteiger partial charge in [0.25, 0.3) is 0 Å². The van der Waals surface area contributed by atoms with Gasteiger partial charge in [-0.3, -0.25) is 9.79 Å². The van der Waals surface area contributed by atoms with Crippen LogP contribution in [-0.4, -0.2) is 39.4 Å². The van der Waals surface area contributed by atoms with Gasteiger partial charge < -0.3 is 18.9 Å². The number of carbonyl (C=O) groups excluding carboxylic acids is 1. The van der Waals surface area contributed by atoms with Crippen LogP contribution in [0.1, 0.15) is 114 Å². The van der Waals surface area contributed by atoms with Gasteiger partial charge in [-0.05, 0) is 127 Å². The number of Topliss-reactive ketones (excluding diaryl/α,β-unsaturated/α-hetero) is 1. The molecule has 240 valence electrons. The third kappa shape index (κ3) is 9.73. The Balaban J connectivity index is 1.57. The lowest BCUT2D eigenvalue weighted by Crippen LogP contribution is -2.05. The molecule has 0 aliphatic heterocycles. The third-order valence-corrected chi connectivity index (χ3v) is 8.53. The van der Waals surface area contributed by atoms with Crippen LogP contribution in [0.5, 0.6) is 23.0 Å². The normalized spacial score (nSPS) is 13.9. The van der Waals surface area contributed by atoms with Gasteiger partial charge in [0.15, 0.2) is 28.8 Å². The van der Waals surface area contributed by atoms with Crippen LogP contribution in [0.15, 0.2) is 46.5 Å². The van der Waals surface area contributed by atoms with Crippen LogP contribution in [0.3, 0.4) is 0 Å². The summed E-state index contributed by atoms with van der Waals surface area (Å²) in [4.78, 5) is 17.2. The van der Waals surface area contributed by atoms with Crippen molar-refractivity contribution in [2.24, 2.45) is 10.9 Å². The lowest BCUT2D eigenvalue weighted by Gasteiger charge is -2.22. The van der Waals surface area contributed by atoms with E-state index in [2.05, 4.69) is 52.8 Å².